The van der Waals surface area contributed by atoms with Crippen molar-refractivity contribution < 1.29 is 9.90 Å². The molecular weight excluding hydrogens is 312 g/mol. The molecule has 0 saturated carbocycles. The molecule has 5 heteroatoms. The van der Waals surface area contributed by atoms with Gasteiger partial charge in [-0.1, -0.05) is 23.7 Å². The highest BCUT2D eigenvalue weighted by Gasteiger charge is 2.22. The lowest BCUT2D eigenvalue weighted by Crippen LogP contribution is -2.32. The number of hydrogen-bond donors (Lipinski definition) is 2. The number of anilines is 1. The van der Waals surface area contributed by atoms with Crippen LogP contribution >= 0.6 is 11.6 Å². The number of aromatic carboxylic acids is 1. The molecule has 1 aliphatic rings. The second kappa shape index (κ2) is 7.02. The number of carbonyl (C=O) groups is 1. The van der Waals surface area contributed by atoms with Crippen molar-refractivity contribution in [3.8, 4) is 0 Å². The van der Waals surface area contributed by atoms with E-state index in [9.17, 15) is 4.79 Å². The minimum atomic E-state index is -0.887. The first-order chi connectivity index (χ1) is 11.1. The second-order valence-corrected chi connectivity index (χ2v) is 6.23. The lowest BCUT2D eigenvalue weighted by atomic mass is 10.1. The molecule has 0 radical (unpaired) electrons. The highest BCUT2D eigenvalue weighted by Crippen LogP contribution is 2.22. The third-order valence-corrected chi connectivity index (χ3v) is 4.40. The number of hydrogen-bond acceptors (Lipinski definition) is 3. The molecule has 1 heterocycles. The van der Waals surface area contributed by atoms with Gasteiger partial charge in [0.25, 0.3) is 0 Å². The van der Waals surface area contributed by atoms with Crippen LogP contribution < -0.4 is 10.2 Å². The number of nitrogens with one attached hydrogen (secondary N) is 1. The van der Waals surface area contributed by atoms with Gasteiger partial charge < -0.3 is 15.3 Å². The summed E-state index contributed by atoms with van der Waals surface area (Å²) in [4.78, 5) is 13.3. The largest absolute Gasteiger partial charge is 0.478 e. The summed E-state index contributed by atoms with van der Waals surface area (Å²) < 4.78 is 0. The summed E-state index contributed by atoms with van der Waals surface area (Å²) in [6, 6.07) is 15.4. The second-order valence-electron chi connectivity index (χ2n) is 5.79. The Kier molecular flexibility index (Phi) is 4.84. The van der Waals surface area contributed by atoms with Crippen LogP contribution in [0.15, 0.2) is 48.5 Å². The molecule has 120 valence electrons. The van der Waals surface area contributed by atoms with Crippen LogP contribution in [0.3, 0.4) is 0 Å². The molecule has 0 aromatic heterocycles. The van der Waals surface area contributed by atoms with Crippen molar-refractivity contribution >= 4 is 23.3 Å². The lowest BCUT2D eigenvalue weighted by Gasteiger charge is -2.19. The van der Waals surface area contributed by atoms with Gasteiger partial charge in [0.15, 0.2) is 0 Å². The Balaban J connectivity index is 1.55. The van der Waals surface area contributed by atoms with Crippen molar-refractivity contribution in [2.45, 2.75) is 19.0 Å². The van der Waals surface area contributed by atoms with E-state index in [1.807, 2.05) is 30.3 Å². The van der Waals surface area contributed by atoms with Crippen LogP contribution in [-0.2, 0) is 6.54 Å². The summed E-state index contributed by atoms with van der Waals surface area (Å²) >= 11 is 5.93. The van der Waals surface area contributed by atoms with E-state index in [1.54, 1.807) is 18.2 Å². The maximum Gasteiger partial charge on any atom is 0.335 e. The zero-order valence-corrected chi connectivity index (χ0v) is 13.5. The van der Waals surface area contributed by atoms with Crippen LogP contribution in [0.4, 0.5) is 5.69 Å². The van der Waals surface area contributed by atoms with E-state index in [-0.39, 0.29) is 0 Å². The number of halogens is 1. The quantitative estimate of drug-likeness (QED) is 0.882. The van der Waals surface area contributed by atoms with Crippen molar-refractivity contribution in [1.29, 1.82) is 0 Å². The van der Waals surface area contributed by atoms with E-state index >= 15 is 0 Å². The SMILES string of the molecule is O=C(O)c1cccc(CNC2CCN(c3ccc(Cl)cc3)C2)c1. The summed E-state index contributed by atoms with van der Waals surface area (Å²) in [6.07, 6.45) is 1.07. The van der Waals surface area contributed by atoms with Crippen LogP contribution in [0, 0.1) is 0 Å². The van der Waals surface area contributed by atoms with E-state index in [4.69, 9.17) is 16.7 Å². The first-order valence-corrected chi connectivity index (χ1v) is 8.06. The van der Waals surface area contributed by atoms with E-state index in [1.165, 1.54) is 5.69 Å². The van der Waals surface area contributed by atoms with Crippen molar-refractivity contribution in [2.24, 2.45) is 0 Å². The van der Waals surface area contributed by atoms with Gasteiger partial charge in [0.2, 0.25) is 0 Å². The third kappa shape index (κ3) is 4.03. The smallest absolute Gasteiger partial charge is 0.335 e. The molecule has 1 aliphatic heterocycles. The summed E-state index contributed by atoms with van der Waals surface area (Å²) in [5, 5.41) is 13.3. The van der Waals surface area contributed by atoms with Crippen LogP contribution in [0.2, 0.25) is 5.02 Å². The summed E-state index contributed by atoms with van der Waals surface area (Å²) in [7, 11) is 0. The number of nitrogens with zero attached hydrogens (tertiary/aromatic N) is 1. The molecule has 2 aromatic carbocycles. The molecular formula is C18H19ClN2O2. The van der Waals surface area contributed by atoms with Crippen LogP contribution in [0.25, 0.3) is 0 Å². The van der Waals surface area contributed by atoms with Crippen molar-refractivity contribution in [2.75, 3.05) is 18.0 Å². The van der Waals surface area contributed by atoms with Crippen molar-refractivity contribution in [3.05, 3.63) is 64.7 Å². The standard InChI is InChI=1S/C18H19ClN2O2/c19-15-4-6-17(7-5-15)21-9-8-16(12-21)20-11-13-2-1-3-14(10-13)18(22)23/h1-7,10,16,20H,8-9,11-12H2,(H,22,23). The summed E-state index contributed by atoms with van der Waals surface area (Å²) in [5.74, 6) is -0.887. The van der Waals surface area contributed by atoms with E-state index in [2.05, 4.69) is 10.2 Å². The monoisotopic (exact) mass is 330 g/mol. The van der Waals surface area contributed by atoms with Gasteiger partial charge in [-0.25, -0.2) is 4.79 Å². The lowest BCUT2D eigenvalue weighted by molar-refractivity contribution is 0.0696. The molecule has 2 N–H and O–H groups in total. The van der Waals surface area contributed by atoms with Crippen molar-refractivity contribution in [3.63, 3.8) is 0 Å². The van der Waals surface area contributed by atoms with Crippen LogP contribution in [0.1, 0.15) is 22.3 Å². The molecule has 0 spiro atoms. The molecule has 0 amide bonds. The van der Waals surface area contributed by atoms with Gasteiger partial charge in [-0.2, -0.15) is 0 Å². The topological polar surface area (TPSA) is 52.6 Å². The minimum Gasteiger partial charge on any atom is -0.478 e. The Hall–Kier alpha value is -2.04. The molecule has 1 saturated heterocycles. The number of benzene rings is 2. The van der Waals surface area contributed by atoms with E-state index < -0.39 is 5.97 Å². The predicted molar refractivity (Wildman–Crippen MR) is 92.3 cm³/mol. The number of carboxylic acids is 1. The van der Waals surface area contributed by atoms with Gasteiger partial charge in [-0.15, -0.1) is 0 Å². The van der Waals surface area contributed by atoms with Gasteiger partial charge in [0.1, 0.15) is 0 Å². The highest BCUT2D eigenvalue weighted by atomic mass is 35.5. The Labute approximate surface area is 140 Å². The fraction of sp³-hybridized carbons (Fsp3) is 0.278. The van der Waals surface area contributed by atoms with Gasteiger partial charge in [0.05, 0.1) is 5.56 Å². The molecule has 3 rings (SSSR count). The fourth-order valence-electron chi connectivity index (χ4n) is 2.89. The average Bonchev–Trinajstić information content (AvgIpc) is 3.03. The number of rotatable bonds is 5. The van der Waals surface area contributed by atoms with Crippen molar-refractivity contribution in [1.82, 2.24) is 5.32 Å². The van der Waals surface area contributed by atoms with Gasteiger partial charge in [-0.3, -0.25) is 0 Å². The molecule has 23 heavy (non-hydrogen) atoms. The zero-order chi connectivity index (χ0) is 16.2. The van der Waals surface area contributed by atoms with Gasteiger partial charge in [0, 0.05) is 36.4 Å². The predicted octanol–water partition coefficient (Wildman–Crippen LogP) is 3.41. The molecule has 2 aromatic rings. The Bertz CT molecular complexity index is 688. The van der Waals surface area contributed by atoms with E-state index in [0.717, 1.165) is 30.1 Å². The molecule has 1 atom stereocenters. The fourth-order valence-corrected chi connectivity index (χ4v) is 3.02. The number of carboxylic acid groups (broad SMARTS) is 1. The van der Waals surface area contributed by atoms with Crippen LogP contribution in [-0.4, -0.2) is 30.2 Å². The maximum absolute atomic E-state index is 11.0. The molecule has 1 fully saturated rings. The first-order valence-electron chi connectivity index (χ1n) is 7.68. The first kappa shape index (κ1) is 15.8. The third-order valence-electron chi connectivity index (χ3n) is 4.15. The molecule has 1 unspecified atom stereocenters. The van der Waals surface area contributed by atoms with E-state index in [0.29, 0.717) is 18.2 Å². The summed E-state index contributed by atoms with van der Waals surface area (Å²) in [5.41, 5.74) is 2.51. The minimum absolute atomic E-state index is 0.332. The van der Waals surface area contributed by atoms with Gasteiger partial charge >= 0.3 is 5.97 Å². The summed E-state index contributed by atoms with van der Waals surface area (Å²) in [6.45, 7) is 2.63. The Morgan fingerprint density at radius 1 is 1.26 bits per heavy atom. The Morgan fingerprint density at radius 3 is 2.78 bits per heavy atom. The zero-order valence-electron chi connectivity index (χ0n) is 12.7. The maximum atomic E-state index is 11.0. The Morgan fingerprint density at radius 2 is 2.04 bits per heavy atom. The van der Waals surface area contributed by atoms with Gasteiger partial charge in [-0.05, 0) is 48.4 Å². The molecule has 0 aliphatic carbocycles. The highest BCUT2D eigenvalue weighted by molar-refractivity contribution is 6.30. The normalized spacial score (nSPS) is 17.4. The molecule has 0 bridgehead atoms. The average molecular weight is 331 g/mol. The molecule has 4 nitrogen and oxygen atoms in total. The van der Waals surface area contributed by atoms with Crippen LogP contribution in [0.5, 0.6) is 0 Å².